The zero-order valence-corrected chi connectivity index (χ0v) is 9.65. The summed E-state index contributed by atoms with van der Waals surface area (Å²) in [6, 6.07) is 8.12. The Hall–Kier alpha value is -1.90. The fraction of sp³-hybridized carbons (Fsp3) is 0.231. The van der Waals surface area contributed by atoms with E-state index >= 15 is 0 Å². The Balaban J connectivity index is 2.60. The van der Waals surface area contributed by atoms with Gasteiger partial charge in [-0.05, 0) is 38.5 Å². The summed E-state index contributed by atoms with van der Waals surface area (Å²) in [5.41, 5.74) is 5.41. The fourth-order valence-corrected chi connectivity index (χ4v) is 2.02. The third kappa shape index (κ3) is 1.08. The van der Waals surface area contributed by atoms with Gasteiger partial charge < -0.3 is 0 Å². The monoisotopic (exact) mass is 211 g/mol. The summed E-state index contributed by atoms with van der Waals surface area (Å²) in [6.07, 6.45) is 0. The van der Waals surface area contributed by atoms with Crippen LogP contribution in [0.1, 0.15) is 17.0 Å². The van der Waals surface area contributed by atoms with Crippen molar-refractivity contribution < 1.29 is 0 Å². The lowest BCUT2D eigenvalue weighted by Crippen LogP contribution is -2.01. The molecule has 0 spiro atoms. The molecule has 0 amide bonds. The maximum absolute atomic E-state index is 4.62. The van der Waals surface area contributed by atoms with E-state index in [0.29, 0.717) is 0 Å². The highest BCUT2D eigenvalue weighted by atomic mass is 15.3. The molecule has 16 heavy (non-hydrogen) atoms. The highest BCUT2D eigenvalue weighted by Crippen LogP contribution is 2.21. The van der Waals surface area contributed by atoms with Crippen LogP contribution in [0.4, 0.5) is 0 Å². The summed E-state index contributed by atoms with van der Waals surface area (Å²) in [7, 11) is 0. The molecule has 80 valence electrons. The van der Waals surface area contributed by atoms with Gasteiger partial charge in [-0.25, -0.2) is 9.50 Å². The van der Waals surface area contributed by atoms with E-state index in [-0.39, 0.29) is 0 Å². The van der Waals surface area contributed by atoms with Gasteiger partial charge in [0.15, 0.2) is 5.65 Å². The number of hydrogen-bond acceptors (Lipinski definition) is 2. The van der Waals surface area contributed by atoms with E-state index in [1.807, 2.05) is 29.6 Å². The molecule has 2 aromatic heterocycles. The first kappa shape index (κ1) is 9.33. The van der Waals surface area contributed by atoms with Crippen LogP contribution in [0.25, 0.3) is 16.6 Å². The van der Waals surface area contributed by atoms with Crippen LogP contribution in [0, 0.1) is 20.8 Å². The van der Waals surface area contributed by atoms with Crippen LogP contribution in [0.15, 0.2) is 24.3 Å². The van der Waals surface area contributed by atoms with Crippen LogP contribution >= 0.6 is 0 Å². The third-order valence-electron chi connectivity index (χ3n) is 3.23. The molecule has 0 saturated heterocycles. The highest BCUT2D eigenvalue weighted by molar-refractivity contribution is 5.92. The van der Waals surface area contributed by atoms with Gasteiger partial charge in [-0.1, -0.05) is 12.1 Å². The molecule has 0 bridgehead atoms. The molecule has 0 fully saturated rings. The average molecular weight is 211 g/mol. The van der Waals surface area contributed by atoms with Crippen molar-refractivity contribution in [2.75, 3.05) is 0 Å². The van der Waals surface area contributed by atoms with Gasteiger partial charge in [0.1, 0.15) is 0 Å². The van der Waals surface area contributed by atoms with Crippen LogP contribution < -0.4 is 0 Å². The zero-order valence-electron chi connectivity index (χ0n) is 9.65. The standard InChI is InChI=1S/C13H13N3/c1-8-9(2)14-13-11-6-4-5-7-12(11)15-16(13)10(8)3/h4-7H,1-3H3. The molecular weight excluding hydrogens is 198 g/mol. The minimum atomic E-state index is 0.955. The van der Waals surface area contributed by atoms with Gasteiger partial charge in [0.25, 0.3) is 0 Å². The Kier molecular flexibility index (Phi) is 1.78. The summed E-state index contributed by atoms with van der Waals surface area (Å²) < 4.78 is 1.94. The van der Waals surface area contributed by atoms with Gasteiger partial charge in [0, 0.05) is 16.8 Å². The summed E-state index contributed by atoms with van der Waals surface area (Å²) in [5.74, 6) is 0. The van der Waals surface area contributed by atoms with Crippen LogP contribution in [0.3, 0.4) is 0 Å². The van der Waals surface area contributed by atoms with Crippen molar-refractivity contribution in [3.05, 3.63) is 41.2 Å². The first-order valence-corrected chi connectivity index (χ1v) is 5.40. The normalized spacial score (nSPS) is 11.4. The summed E-state index contributed by atoms with van der Waals surface area (Å²) in [5, 5.41) is 5.69. The molecule has 0 saturated carbocycles. The second-order valence-electron chi connectivity index (χ2n) is 4.16. The first-order valence-electron chi connectivity index (χ1n) is 5.40. The van der Waals surface area contributed by atoms with Crippen molar-refractivity contribution in [1.82, 2.24) is 14.6 Å². The minimum Gasteiger partial charge on any atom is -0.233 e. The van der Waals surface area contributed by atoms with Gasteiger partial charge in [-0.15, -0.1) is 0 Å². The molecule has 0 radical (unpaired) electrons. The first-order chi connectivity index (χ1) is 7.68. The molecule has 0 aliphatic carbocycles. The molecule has 3 rings (SSSR count). The third-order valence-corrected chi connectivity index (χ3v) is 3.23. The number of rotatable bonds is 0. The van der Waals surface area contributed by atoms with E-state index in [1.165, 1.54) is 11.3 Å². The molecule has 3 heteroatoms. The number of nitrogens with zero attached hydrogens (tertiary/aromatic N) is 3. The van der Waals surface area contributed by atoms with Gasteiger partial charge in [-0.2, -0.15) is 5.10 Å². The van der Waals surface area contributed by atoms with E-state index < -0.39 is 0 Å². The number of hydrogen-bond donors (Lipinski definition) is 0. The average Bonchev–Trinajstić information content (AvgIpc) is 2.65. The predicted molar refractivity (Wildman–Crippen MR) is 64.7 cm³/mol. The Morgan fingerprint density at radius 3 is 2.62 bits per heavy atom. The topological polar surface area (TPSA) is 30.2 Å². The number of aromatic nitrogens is 3. The molecular formula is C13H13N3. The largest absolute Gasteiger partial charge is 0.233 e. The second-order valence-corrected chi connectivity index (χ2v) is 4.16. The van der Waals surface area contributed by atoms with Crippen LogP contribution in [-0.2, 0) is 0 Å². The molecule has 0 aliphatic rings. The maximum atomic E-state index is 4.62. The quantitative estimate of drug-likeness (QED) is 0.572. The van der Waals surface area contributed by atoms with Crippen molar-refractivity contribution >= 4 is 16.6 Å². The molecule has 0 atom stereocenters. The molecule has 3 aromatic rings. The van der Waals surface area contributed by atoms with Crippen molar-refractivity contribution in [1.29, 1.82) is 0 Å². The lowest BCUT2D eigenvalue weighted by Gasteiger charge is -2.05. The Labute approximate surface area is 93.7 Å². The number of aryl methyl sites for hydroxylation is 2. The molecule has 0 N–H and O–H groups in total. The number of fused-ring (bicyclic) bond motifs is 3. The van der Waals surface area contributed by atoms with Crippen molar-refractivity contribution in [2.24, 2.45) is 0 Å². The van der Waals surface area contributed by atoms with Crippen LogP contribution in [-0.4, -0.2) is 14.6 Å². The van der Waals surface area contributed by atoms with Crippen LogP contribution in [0.2, 0.25) is 0 Å². The zero-order chi connectivity index (χ0) is 11.3. The van der Waals surface area contributed by atoms with E-state index in [9.17, 15) is 0 Å². The summed E-state index contributed by atoms with van der Waals surface area (Å²) in [6.45, 7) is 6.22. The van der Waals surface area contributed by atoms with Gasteiger partial charge in [0.05, 0.1) is 5.52 Å². The minimum absolute atomic E-state index is 0.955. The second kappa shape index (κ2) is 3.04. The molecule has 2 heterocycles. The van der Waals surface area contributed by atoms with Crippen LogP contribution in [0.5, 0.6) is 0 Å². The van der Waals surface area contributed by atoms with Crippen molar-refractivity contribution in [3.63, 3.8) is 0 Å². The van der Waals surface area contributed by atoms with Crippen molar-refractivity contribution in [2.45, 2.75) is 20.8 Å². The van der Waals surface area contributed by atoms with Crippen molar-refractivity contribution in [3.8, 4) is 0 Å². The van der Waals surface area contributed by atoms with E-state index in [2.05, 4.69) is 30.0 Å². The molecule has 0 aliphatic heterocycles. The van der Waals surface area contributed by atoms with Gasteiger partial charge >= 0.3 is 0 Å². The summed E-state index contributed by atoms with van der Waals surface area (Å²) >= 11 is 0. The predicted octanol–water partition coefficient (Wildman–Crippen LogP) is 2.81. The van der Waals surface area contributed by atoms with Gasteiger partial charge in [0.2, 0.25) is 0 Å². The molecule has 1 aromatic carbocycles. The summed E-state index contributed by atoms with van der Waals surface area (Å²) in [4.78, 5) is 4.62. The lowest BCUT2D eigenvalue weighted by atomic mass is 10.2. The Morgan fingerprint density at radius 1 is 1.06 bits per heavy atom. The number of benzene rings is 1. The maximum Gasteiger partial charge on any atom is 0.163 e. The van der Waals surface area contributed by atoms with Gasteiger partial charge in [-0.3, -0.25) is 0 Å². The van der Waals surface area contributed by atoms with E-state index in [1.54, 1.807) is 0 Å². The fourth-order valence-electron chi connectivity index (χ4n) is 2.02. The lowest BCUT2D eigenvalue weighted by molar-refractivity contribution is 0.881. The Bertz CT molecular complexity index is 695. The SMILES string of the molecule is Cc1nc2c3ccccc3nn2c(C)c1C. The molecule has 3 nitrogen and oxygen atoms in total. The van der Waals surface area contributed by atoms with E-state index in [0.717, 1.165) is 22.2 Å². The van der Waals surface area contributed by atoms with E-state index in [4.69, 9.17) is 0 Å². The Morgan fingerprint density at radius 2 is 1.81 bits per heavy atom. The highest BCUT2D eigenvalue weighted by Gasteiger charge is 2.10. The molecule has 0 unspecified atom stereocenters. The smallest absolute Gasteiger partial charge is 0.163 e.